The predicted octanol–water partition coefficient (Wildman–Crippen LogP) is 5.82. The first-order chi connectivity index (χ1) is 17.4. The lowest BCUT2D eigenvalue weighted by molar-refractivity contribution is 0.0951. The molecule has 0 heterocycles. The second kappa shape index (κ2) is 9.88. The highest BCUT2D eigenvalue weighted by Crippen LogP contribution is 2.33. The molecule has 5 rings (SSSR count). The Labute approximate surface area is 216 Å². The van der Waals surface area contributed by atoms with Crippen molar-refractivity contribution in [3.05, 3.63) is 129 Å². The van der Waals surface area contributed by atoms with Crippen LogP contribution in [0.25, 0.3) is 0 Å². The topological polar surface area (TPSA) is 82.2 Å². The van der Waals surface area contributed by atoms with Crippen molar-refractivity contribution in [2.24, 2.45) is 5.73 Å². The minimum atomic E-state index is -0.103. The normalized spacial score (nSPS) is 11.8. The molecule has 1 aliphatic rings. The first kappa shape index (κ1) is 23.6. The maximum atomic E-state index is 12.9. The lowest BCUT2D eigenvalue weighted by atomic mass is 9.85. The van der Waals surface area contributed by atoms with Gasteiger partial charge in [0.1, 0.15) is 5.84 Å². The van der Waals surface area contributed by atoms with E-state index in [1.165, 1.54) is 22.3 Å². The van der Waals surface area contributed by atoms with E-state index in [9.17, 15) is 4.79 Å². The summed E-state index contributed by atoms with van der Waals surface area (Å²) in [6, 6.07) is 27.7. The second-order valence-electron chi connectivity index (χ2n) is 9.12. The van der Waals surface area contributed by atoms with Crippen molar-refractivity contribution in [2.45, 2.75) is 19.4 Å². The number of nitrogens with zero attached hydrogens (tertiary/aromatic N) is 1. The summed E-state index contributed by atoms with van der Waals surface area (Å²) in [6.45, 7) is 0.413. The van der Waals surface area contributed by atoms with Gasteiger partial charge in [0, 0.05) is 41.1 Å². The van der Waals surface area contributed by atoms with Crippen molar-refractivity contribution in [1.29, 1.82) is 5.41 Å². The number of fused-ring (bicyclic) bond motifs is 2. The molecule has 0 aliphatic heterocycles. The van der Waals surface area contributed by atoms with Crippen LogP contribution in [0.2, 0.25) is 5.02 Å². The smallest absolute Gasteiger partial charge is 0.251 e. The summed E-state index contributed by atoms with van der Waals surface area (Å²) in [5, 5.41) is 11.2. The highest BCUT2D eigenvalue weighted by Gasteiger charge is 2.18. The molecule has 0 unspecified atom stereocenters. The molecule has 0 fully saturated rings. The molecule has 36 heavy (non-hydrogen) atoms. The van der Waals surface area contributed by atoms with Crippen LogP contribution >= 0.6 is 11.6 Å². The molecule has 6 heteroatoms. The van der Waals surface area contributed by atoms with Crippen LogP contribution in [0.15, 0.2) is 84.9 Å². The van der Waals surface area contributed by atoms with Crippen molar-refractivity contribution in [1.82, 2.24) is 5.32 Å². The average molecular weight is 495 g/mol. The fourth-order valence-electron chi connectivity index (χ4n) is 4.59. The zero-order valence-corrected chi connectivity index (χ0v) is 20.8. The quantitative estimate of drug-likeness (QED) is 0.205. The van der Waals surface area contributed by atoms with E-state index in [0.717, 1.165) is 29.8 Å². The Kier molecular flexibility index (Phi) is 6.49. The average Bonchev–Trinajstić information content (AvgIpc) is 2.89. The van der Waals surface area contributed by atoms with Gasteiger partial charge in [-0.15, -0.1) is 0 Å². The number of hydrogen-bond acceptors (Lipinski definition) is 3. The van der Waals surface area contributed by atoms with Crippen molar-refractivity contribution in [3.8, 4) is 0 Å². The molecule has 0 aromatic heterocycles. The Balaban J connectivity index is 1.30. The number of amidine groups is 1. The van der Waals surface area contributed by atoms with Gasteiger partial charge in [0.25, 0.3) is 5.91 Å². The van der Waals surface area contributed by atoms with E-state index in [1.807, 2.05) is 55.6 Å². The number of nitrogens with one attached hydrogen (secondary N) is 2. The zero-order valence-electron chi connectivity index (χ0n) is 20.0. The first-order valence-electron chi connectivity index (χ1n) is 11.8. The van der Waals surface area contributed by atoms with Gasteiger partial charge in [-0.25, -0.2) is 0 Å². The number of carbonyl (C=O) groups excluding carboxylic acids is 1. The van der Waals surface area contributed by atoms with E-state index in [1.54, 1.807) is 12.1 Å². The van der Waals surface area contributed by atoms with Gasteiger partial charge in [0.2, 0.25) is 0 Å². The molecule has 0 radical (unpaired) electrons. The van der Waals surface area contributed by atoms with E-state index in [0.29, 0.717) is 22.7 Å². The summed E-state index contributed by atoms with van der Waals surface area (Å²) in [6.07, 6.45) is 1.64. The molecule has 180 valence electrons. The number of anilines is 2. The fraction of sp³-hybridized carbons (Fsp3) is 0.133. The van der Waals surface area contributed by atoms with Crippen molar-refractivity contribution in [3.63, 3.8) is 0 Å². The minimum Gasteiger partial charge on any atom is -0.384 e. The van der Waals surface area contributed by atoms with E-state index in [2.05, 4.69) is 34.5 Å². The Morgan fingerprint density at radius 1 is 0.861 bits per heavy atom. The number of nitrogen functional groups attached to an aromatic ring is 1. The second-order valence-corrected chi connectivity index (χ2v) is 9.56. The van der Waals surface area contributed by atoms with Crippen LogP contribution in [0, 0.1) is 5.41 Å². The number of nitrogens with two attached hydrogens (primary N) is 1. The van der Waals surface area contributed by atoms with Gasteiger partial charge in [0.15, 0.2) is 0 Å². The van der Waals surface area contributed by atoms with Gasteiger partial charge in [-0.1, -0.05) is 54.1 Å². The number of rotatable bonds is 6. The summed E-state index contributed by atoms with van der Waals surface area (Å²) in [5.74, 6) is -0.0712. The van der Waals surface area contributed by atoms with Crippen molar-refractivity contribution >= 4 is 34.7 Å². The maximum Gasteiger partial charge on any atom is 0.251 e. The Hall–Kier alpha value is -4.09. The van der Waals surface area contributed by atoms with E-state index in [-0.39, 0.29) is 11.7 Å². The molecule has 0 atom stereocenters. The third-order valence-electron chi connectivity index (χ3n) is 6.72. The third-order valence-corrected chi connectivity index (χ3v) is 6.96. The molecule has 1 aliphatic carbocycles. The molecule has 4 N–H and O–H groups in total. The molecule has 1 amide bonds. The number of hydrogen-bond donors (Lipinski definition) is 3. The number of carbonyl (C=O) groups is 1. The molecule has 4 aromatic rings. The lowest BCUT2D eigenvalue weighted by Gasteiger charge is -2.25. The molecule has 0 bridgehead atoms. The van der Waals surface area contributed by atoms with Gasteiger partial charge >= 0.3 is 0 Å². The highest BCUT2D eigenvalue weighted by atomic mass is 35.5. The molecule has 5 nitrogen and oxygen atoms in total. The molecule has 0 spiro atoms. The minimum absolute atomic E-state index is 0.0319. The largest absolute Gasteiger partial charge is 0.384 e. The summed E-state index contributed by atoms with van der Waals surface area (Å²) in [7, 11) is 2.04. The standard InChI is InChI=1S/C30H27ClN4O/c1-35(27-4-2-3-26(31)17-27)28-12-11-22-13-21-9-10-23(14-24(21)15-25(22)16-28)30(36)34-18-19-5-7-20(8-6-19)29(32)33/h2-12,14,16-17H,13,15,18H2,1H3,(H3,32,33)(H,34,36). The van der Waals surface area contributed by atoms with Crippen LogP contribution in [0.5, 0.6) is 0 Å². The number of benzene rings is 4. The summed E-state index contributed by atoms with van der Waals surface area (Å²) in [4.78, 5) is 15.0. The van der Waals surface area contributed by atoms with E-state index >= 15 is 0 Å². The SMILES string of the molecule is CN(c1cccc(Cl)c1)c1ccc2c(c1)Cc1cc(C(=O)NCc3ccc(C(=N)N)cc3)ccc1C2. The molecular formula is C30H27ClN4O. The first-order valence-corrected chi connectivity index (χ1v) is 12.2. The van der Waals surface area contributed by atoms with Gasteiger partial charge in [0.05, 0.1) is 0 Å². The molecule has 0 saturated heterocycles. The Morgan fingerprint density at radius 2 is 1.50 bits per heavy atom. The van der Waals surface area contributed by atoms with Gasteiger partial charge in [-0.3, -0.25) is 10.2 Å². The predicted molar refractivity (Wildman–Crippen MR) is 147 cm³/mol. The van der Waals surface area contributed by atoms with E-state index < -0.39 is 0 Å². The van der Waals surface area contributed by atoms with E-state index in [4.69, 9.17) is 22.7 Å². The monoisotopic (exact) mass is 494 g/mol. The van der Waals surface area contributed by atoms with Crippen LogP contribution in [-0.4, -0.2) is 18.8 Å². The van der Waals surface area contributed by atoms with Crippen LogP contribution in [0.3, 0.4) is 0 Å². The van der Waals surface area contributed by atoms with Gasteiger partial charge in [-0.05, 0) is 83.1 Å². The van der Waals surface area contributed by atoms with Crippen molar-refractivity contribution in [2.75, 3.05) is 11.9 Å². The van der Waals surface area contributed by atoms with Gasteiger partial charge < -0.3 is 16.0 Å². The maximum absolute atomic E-state index is 12.9. The summed E-state index contributed by atoms with van der Waals surface area (Å²) < 4.78 is 0. The van der Waals surface area contributed by atoms with Gasteiger partial charge in [-0.2, -0.15) is 0 Å². The lowest BCUT2D eigenvalue weighted by Crippen LogP contribution is -2.23. The Bertz CT molecular complexity index is 1460. The Morgan fingerprint density at radius 3 is 2.22 bits per heavy atom. The fourth-order valence-corrected chi connectivity index (χ4v) is 4.78. The van der Waals surface area contributed by atoms with Crippen LogP contribution in [-0.2, 0) is 19.4 Å². The molecule has 0 saturated carbocycles. The zero-order chi connectivity index (χ0) is 25.2. The molecular weight excluding hydrogens is 468 g/mol. The molecule has 4 aromatic carbocycles. The van der Waals surface area contributed by atoms with Crippen LogP contribution in [0.1, 0.15) is 43.7 Å². The number of halogens is 1. The van der Waals surface area contributed by atoms with Crippen molar-refractivity contribution < 1.29 is 4.79 Å². The summed E-state index contributed by atoms with van der Waals surface area (Å²) >= 11 is 6.19. The third kappa shape index (κ3) is 4.97. The highest BCUT2D eigenvalue weighted by molar-refractivity contribution is 6.30. The summed E-state index contributed by atoms with van der Waals surface area (Å²) in [5.41, 5.74) is 15.0. The van der Waals surface area contributed by atoms with Crippen LogP contribution in [0.4, 0.5) is 11.4 Å². The number of amides is 1. The van der Waals surface area contributed by atoms with Crippen LogP contribution < -0.4 is 16.0 Å².